The molecular weight excluding hydrogens is 491 g/mol. The minimum Gasteiger partial charge on any atom is -0.322 e. The zero-order valence-electron chi connectivity index (χ0n) is 19.9. The first-order valence-electron chi connectivity index (χ1n) is 11.2. The number of fused-ring (bicyclic) bond motifs is 1. The summed E-state index contributed by atoms with van der Waals surface area (Å²) in [5.74, 6) is -1.55. The Kier molecular flexibility index (Phi) is 6.27. The fraction of sp³-hybridized carbons (Fsp3) is 0.0385. The first kappa shape index (κ1) is 24.2. The quantitative estimate of drug-likeness (QED) is 0.252. The predicted molar refractivity (Wildman–Crippen MR) is 138 cm³/mol. The van der Waals surface area contributed by atoms with Gasteiger partial charge >= 0.3 is 0 Å². The third-order valence-electron chi connectivity index (χ3n) is 5.46. The molecule has 0 aliphatic rings. The normalized spacial score (nSPS) is 10.8. The maximum absolute atomic E-state index is 13.8. The topological polar surface area (TPSA) is 137 Å². The van der Waals surface area contributed by atoms with Gasteiger partial charge < -0.3 is 10.6 Å². The largest absolute Gasteiger partial charge is 0.322 e. The zero-order chi connectivity index (χ0) is 26.8. The van der Waals surface area contributed by atoms with Gasteiger partial charge in [-0.3, -0.25) is 23.6 Å². The molecule has 0 fully saturated rings. The van der Waals surface area contributed by atoms with E-state index in [-0.39, 0.29) is 22.9 Å². The summed E-state index contributed by atoms with van der Waals surface area (Å²) in [6.45, 7) is 3.44. The van der Waals surface area contributed by atoms with Crippen LogP contribution in [-0.4, -0.2) is 41.0 Å². The van der Waals surface area contributed by atoms with Gasteiger partial charge in [-0.15, -0.1) is 0 Å². The third-order valence-corrected chi connectivity index (χ3v) is 5.46. The molecule has 4 heterocycles. The molecule has 0 bridgehead atoms. The van der Waals surface area contributed by atoms with Crippen molar-refractivity contribution in [2.75, 3.05) is 10.6 Å². The molecule has 0 unspecified atom stereocenters. The smallest absolute Gasteiger partial charge is 0.268 e. The van der Waals surface area contributed by atoms with E-state index in [0.717, 1.165) is 18.3 Å². The first-order chi connectivity index (χ1) is 18.3. The summed E-state index contributed by atoms with van der Waals surface area (Å²) < 4.78 is 16.2. The van der Waals surface area contributed by atoms with Gasteiger partial charge in [-0.05, 0) is 42.5 Å². The number of halogens is 1. The number of hydrogen-bond donors (Lipinski definition) is 2. The lowest BCUT2D eigenvalue weighted by molar-refractivity contribution is -0.111. The summed E-state index contributed by atoms with van der Waals surface area (Å²) in [4.78, 5) is 51.5. The standard InChI is InChI=1S/C26H19FN8O3/c1-3-22(36)31-17-5-4-6-19(10-17)35-24-15(11-29-26(33-24)32-18-13-30-34(2)14-18)9-20(25(35)38)23(37)21-8-7-16(27)12-28-21/h3-14H,1H2,2H3,(H,31,36)(H,29,32,33). The van der Waals surface area contributed by atoms with Crippen molar-refractivity contribution in [2.24, 2.45) is 7.05 Å². The number of anilines is 3. The number of amides is 1. The summed E-state index contributed by atoms with van der Waals surface area (Å²) >= 11 is 0. The van der Waals surface area contributed by atoms with E-state index in [4.69, 9.17) is 0 Å². The van der Waals surface area contributed by atoms with E-state index >= 15 is 0 Å². The lowest BCUT2D eigenvalue weighted by Gasteiger charge is -2.14. The van der Waals surface area contributed by atoms with Crippen molar-refractivity contribution >= 4 is 40.0 Å². The lowest BCUT2D eigenvalue weighted by Crippen LogP contribution is -2.27. The number of pyridine rings is 2. The molecule has 0 saturated heterocycles. The van der Waals surface area contributed by atoms with Crippen LogP contribution in [0.4, 0.5) is 21.7 Å². The summed E-state index contributed by atoms with van der Waals surface area (Å²) in [6.07, 6.45) is 6.80. The second-order valence-corrected chi connectivity index (χ2v) is 8.13. The predicted octanol–water partition coefficient (Wildman–Crippen LogP) is 3.15. The van der Waals surface area contributed by atoms with Gasteiger partial charge in [-0.1, -0.05) is 12.6 Å². The van der Waals surface area contributed by atoms with Gasteiger partial charge in [-0.2, -0.15) is 10.1 Å². The van der Waals surface area contributed by atoms with E-state index in [0.29, 0.717) is 22.4 Å². The van der Waals surface area contributed by atoms with Gasteiger partial charge in [0.15, 0.2) is 5.65 Å². The van der Waals surface area contributed by atoms with Crippen LogP contribution in [0.2, 0.25) is 0 Å². The maximum atomic E-state index is 13.8. The Hall–Kier alpha value is -5.52. The van der Waals surface area contributed by atoms with Crippen LogP contribution in [0.5, 0.6) is 0 Å². The van der Waals surface area contributed by atoms with Crippen LogP contribution in [-0.2, 0) is 11.8 Å². The summed E-state index contributed by atoms with van der Waals surface area (Å²) in [5.41, 5.74) is 0.552. The van der Waals surface area contributed by atoms with Crippen LogP contribution in [0.25, 0.3) is 16.7 Å². The highest BCUT2D eigenvalue weighted by Crippen LogP contribution is 2.22. The maximum Gasteiger partial charge on any atom is 0.268 e. The van der Waals surface area contributed by atoms with Gasteiger partial charge in [0.25, 0.3) is 5.56 Å². The van der Waals surface area contributed by atoms with Gasteiger partial charge in [-0.25, -0.2) is 14.4 Å². The average Bonchev–Trinajstić information content (AvgIpc) is 3.32. The number of carbonyl (C=O) groups excluding carboxylic acids is 2. The fourth-order valence-electron chi connectivity index (χ4n) is 3.74. The Morgan fingerprint density at radius 3 is 2.61 bits per heavy atom. The van der Waals surface area contributed by atoms with E-state index in [2.05, 4.69) is 37.3 Å². The highest BCUT2D eigenvalue weighted by Gasteiger charge is 2.21. The highest BCUT2D eigenvalue weighted by molar-refractivity contribution is 6.09. The molecule has 0 saturated carbocycles. The molecule has 1 aromatic carbocycles. The number of hydrogen-bond acceptors (Lipinski definition) is 8. The average molecular weight is 510 g/mol. The molecule has 5 aromatic rings. The molecule has 188 valence electrons. The van der Waals surface area contributed by atoms with Crippen LogP contribution in [0.1, 0.15) is 16.1 Å². The molecule has 0 aliphatic heterocycles. The number of carbonyl (C=O) groups is 2. The molecular formula is C26H19FN8O3. The number of nitrogens with zero attached hydrogens (tertiary/aromatic N) is 6. The Morgan fingerprint density at radius 1 is 1.05 bits per heavy atom. The zero-order valence-corrected chi connectivity index (χ0v) is 19.9. The molecule has 11 nitrogen and oxygen atoms in total. The molecule has 0 aliphatic carbocycles. The molecule has 2 N–H and O–H groups in total. The highest BCUT2D eigenvalue weighted by atomic mass is 19.1. The summed E-state index contributed by atoms with van der Waals surface area (Å²) in [5, 5.41) is 10.1. The van der Waals surface area contributed by atoms with E-state index in [1.54, 1.807) is 48.4 Å². The molecule has 38 heavy (non-hydrogen) atoms. The van der Waals surface area contributed by atoms with Crippen LogP contribution >= 0.6 is 0 Å². The van der Waals surface area contributed by atoms with Crippen molar-refractivity contribution in [3.8, 4) is 5.69 Å². The Morgan fingerprint density at radius 2 is 1.89 bits per heavy atom. The van der Waals surface area contributed by atoms with Gasteiger partial charge in [0.1, 0.15) is 11.5 Å². The van der Waals surface area contributed by atoms with Crippen LogP contribution in [0.3, 0.4) is 0 Å². The van der Waals surface area contributed by atoms with E-state index < -0.39 is 23.1 Å². The van der Waals surface area contributed by atoms with E-state index in [1.165, 1.54) is 22.9 Å². The van der Waals surface area contributed by atoms with Crippen molar-refractivity contribution in [3.05, 3.63) is 107 Å². The Bertz CT molecular complexity index is 1780. The van der Waals surface area contributed by atoms with Gasteiger partial charge in [0, 0.05) is 30.5 Å². The Labute approximate surface area is 214 Å². The van der Waals surface area contributed by atoms with Crippen molar-refractivity contribution in [2.45, 2.75) is 0 Å². The molecule has 12 heteroatoms. The van der Waals surface area contributed by atoms with E-state index in [1.807, 2.05) is 0 Å². The second kappa shape index (κ2) is 9.85. The SMILES string of the molecule is C=CC(=O)Nc1cccc(-n2c(=O)c(C(=O)c3ccc(F)cn3)cc3cnc(Nc4cnn(C)c4)nc32)c1. The van der Waals surface area contributed by atoms with Crippen molar-refractivity contribution in [1.29, 1.82) is 0 Å². The lowest BCUT2D eigenvalue weighted by atomic mass is 10.1. The van der Waals surface area contributed by atoms with Gasteiger partial charge in [0.05, 0.1) is 29.3 Å². The number of nitrogens with one attached hydrogen (secondary N) is 2. The first-order valence-corrected chi connectivity index (χ1v) is 11.2. The molecule has 0 spiro atoms. The molecule has 4 aromatic heterocycles. The number of aryl methyl sites for hydroxylation is 1. The number of ketones is 1. The minimum atomic E-state index is -0.695. The second-order valence-electron chi connectivity index (χ2n) is 8.13. The van der Waals surface area contributed by atoms with Crippen molar-refractivity contribution in [1.82, 2.24) is 29.3 Å². The monoisotopic (exact) mass is 510 g/mol. The molecule has 0 radical (unpaired) electrons. The minimum absolute atomic E-state index is 0.0998. The summed E-state index contributed by atoms with van der Waals surface area (Å²) in [6, 6.07) is 10.1. The molecule has 0 atom stereocenters. The molecule has 1 amide bonds. The number of rotatable bonds is 7. The van der Waals surface area contributed by atoms with E-state index in [9.17, 15) is 18.8 Å². The third kappa shape index (κ3) is 4.78. The van der Waals surface area contributed by atoms with Gasteiger partial charge in [0.2, 0.25) is 17.6 Å². The summed E-state index contributed by atoms with van der Waals surface area (Å²) in [7, 11) is 1.76. The van der Waals surface area contributed by atoms with Crippen LogP contribution < -0.4 is 16.2 Å². The van der Waals surface area contributed by atoms with Crippen LogP contribution in [0, 0.1) is 5.82 Å². The van der Waals surface area contributed by atoms with Crippen LogP contribution in [0.15, 0.2) is 84.7 Å². The Balaban J connectivity index is 1.70. The van der Waals surface area contributed by atoms with Crippen molar-refractivity contribution in [3.63, 3.8) is 0 Å². The number of aromatic nitrogens is 6. The fourth-order valence-corrected chi connectivity index (χ4v) is 3.74. The van der Waals surface area contributed by atoms with Crippen molar-refractivity contribution < 1.29 is 14.0 Å². The molecule has 5 rings (SSSR count). The number of benzene rings is 1.